The number of rotatable bonds is 10. The van der Waals surface area contributed by atoms with Gasteiger partial charge in [-0.2, -0.15) is 0 Å². The molecule has 0 aliphatic heterocycles. The second kappa shape index (κ2) is 12.5. The van der Waals surface area contributed by atoms with Gasteiger partial charge in [-0.25, -0.2) is 0 Å². The summed E-state index contributed by atoms with van der Waals surface area (Å²) in [6.45, 7) is 8.84. The molecule has 0 aromatic carbocycles. The molecular formula is C19H30O5. The van der Waals surface area contributed by atoms with E-state index in [-0.39, 0.29) is 24.6 Å². The Kier molecular flexibility index (Phi) is 11.5. The van der Waals surface area contributed by atoms with Gasteiger partial charge < -0.3 is 14.6 Å². The van der Waals surface area contributed by atoms with Gasteiger partial charge in [0.2, 0.25) is 0 Å². The summed E-state index contributed by atoms with van der Waals surface area (Å²) < 4.78 is 10.2. The minimum absolute atomic E-state index is 0.00186. The first-order valence-electron chi connectivity index (χ1n) is 8.15. The van der Waals surface area contributed by atoms with Crippen molar-refractivity contribution in [1.82, 2.24) is 0 Å². The van der Waals surface area contributed by atoms with Gasteiger partial charge in [0.25, 0.3) is 0 Å². The van der Waals surface area contributed by atoms with Crippen molar-refractivity contribution in [2.45, 2.75) is 60.0 Å². The first kappa shape index (κ1) is 22.1. The van der Waals surface area contributed by atoms with Gasteiger partial charge in [0, 0.05) is 20.3 Å². The van der Waals surface area contributed by atoms with Crippen LogP contribution in [-0.2, 0) is 19.1 Å². The van der Waals surface area contributed by atoms with Crippen molar-refractivity contribution in [2.75, 3.05) is 13.2 Å². The summed E-state index contributed by atoms with van der Waals surface area (Å²) in [7, 11) is 0. The number of carbonyl (C=O) groups is 2. The molecular weight excluding hydrogens is 308 g/mol. The lowest BCUT2D eigenvalue weighted by Gasteiger charge is -2.17. The van der Waals surface area contributed by atoms with Gasteiger partial charge in [0.15, 0.2) is 0 Å². The number of aliphatic hydroxyl groups excluding tert-OH is 1. The molecule has 0 bridgehead atoms. The molecule has 0 unspecified atom stereocenters. The summed E-state index contributed by atoms with van der Waals surface area (Å²) >= 11 is 0. The molecule has 5 heteroatoms. The predicted molar refractivity (Wildman–Crippen MR) is 94.4 cm³/mol. The molecule has 0 aromatic rings. The Morgan fingerprint density at radius 2 is 1.62 bits per heavy atom. The van der Waals surface area contributed by atoms with Crippen molar-refractivity contribution in [3.05, 3.63) is 34.9 Å². The van der Waals surface area contributed by atoms with Crippen LogP contribution in [0.3, 0.4) is 0 Å². The molecule has 0 rings (SSSR count). The standard InChI is InChI=1S/C19H30O5/c1-14(11-12-23-17(4)21)7-6-8-16(3)19(24-18(5)22)10-9-15(2)13-20/h8-9,11,19-20H,6-7,10,12-13H2,1-5H3/b14-11+,15-9+,16-8+/t19-/m0/s1. The highest BCUT2D eigenvalue weighted by molar-refractivity contribution is 5.66. The smallest absolute Gasteiger partial charge is 0.303 e. The summed E-state index contributed by atoms with van der Waals surface area (Å²) in [6.07, 6.45) is 7.73. The van der Waals surface area contributed by atoms with Crippen LogP contribution in [0.1, 0.15) is 53.9 Å². The molecule has 0 amide bonds. The van der Waals surface area contributed by atoms with Crippen LogP contribution in [-0.4, -0.2) is 36.4 Å². The zero-order chi connectivity index (χ0) is 18.5. The summed E-state index contributed by atoms with van der Waals surface area (Å²) in [6, 6.07) is 0. The van der Waals surface area contributed by atoms with Crippen LogP contribution < -0.4 is 0 Å². The van der Waals surface area contributed by atoms with Crippen molar-refractivity contribution in [3.8, 4) is 0 Å². The third kappa shape index (κ3) is 11.7. The SMILES string of the molecule is CC(=O)OC/C=C(\C)CC/C=C(\C)[C@H](C/C=C(\C)CO)OC(C)=O. The Morgan fingerprint density at radius 1 is 0.958 bits per heavy atom. The van der Waals surface area contributed by atoms with E-state index in [4.69, 9.17) is 14.6 Å². The van der Waals surface area contributed by atoms with Crippen molar-refractivity contribution in [3.63, 3.8) is 0 Å². The molecule has 0 radical (unpaired) electrons. The van der Waals surface area contributed by atoms with Crippen LogP contribution in [0.4, 0.5) is 0 Å². The van der Waals surface area contributed by atoms with E-state index in [2.05, 4.69) is 6.08 Å². The minimum atomic E-state index is -0.319. The monoisotopic (exact) mass is 338 g/mol. The van der Waals surface area contributed by atoms with E-state index in [1.807, 2.05) is 32.9 Å². The third-order valence-electron chi connectivity index (χ3n) is 3.47. The van der Waals surface area contributed by atoms with Gasteiger partial charge in [-0.3, -0.25) is 9.59 Å². The number of aliphatic hydroxyl groups is 1. The van der Waals surface area contributed by atoms with Crippen LogP contribution in [0.15, 0.2) is 34.9 Å². The van der Waals surface area contributed by atoms with E-state index in [9.17, 15) is 9.59 Å². The molecule has 24 heavy (non-hydrogen) atoms. The molecule has 0 aliphatic rings. The minimum Gasteiger partial charge on any atom is -0.462 e. The van der Waals surface area contributed by atoms with Gasteiger partial charge in [-0.05, 0) is 45.3 Å². The van der Waals surface area contributed by atoms with E-state index >= 15 is 0 Å². The molecule has 0 saturated heterocycles. The lowest BCUT2D eigenvalue weighted by molar-refractivity contribution is -0.144. The van der Waals surface area contributed by atoms with Crippen molar-refractivity contribution >= 4 is 11.9 Å². The summed E-state index contributed by atoms with van der Waals surface area (Å²) in [5.74, 6) is -0.606. The topological polar surface area (TPSA) is 72.8 Å². The van der Waals surface area contributed by atoms with E-state index in [0.717, 1.165) is 29.6 Å². The maximum atomic E-state index is 11.3. The first-order chi connectivity index (χ1) is 11.3. The number of ether oxygens (including phenoxy) is 2. The second-order valence-corrected chi connectivity index (χ2v) is 5.88. The van der Waals surface area contributed by atoms with E-state index < -0.39 is 0 Å². The zero-order valence-corrected chi connectivity index (χ0v) is 15.4. The molecule has 0 aliphatic carbocycles. The molecule has 0 heterocycles. The number of hydrogen-bond donors (Lipinski definition) is 1. The fraction of sp³-hybridized carbons (Fsp3) is 0.579. The van der Waals surface area contributed by atoms with Gasteiger partial charge in [-0.15, -0.1) is 0 Å². The average Bonchev–Trinajstić information content (AvgIpc) is 2.50. The summed E-state index contributed by atoms with van der Waals surface area (Å²) in [4.78, 5) is 22.0. The first-order valence-corrected chi connectivity index (χ1v) is 8.15. The average molecular weight is 338 g/mol. The summed E-state index contributed by atoms with van der Waals surface area (Å²) in [5.41, 5.74) is 2.98. The molecule has 1 N–H and O–H groups in total. The van der Waals surface area contributed by atoms with Crippen LogP contribution in [0.2, 0.25) is 0 Å². The Hall–Kier alpha value is -1.88. The molecule has 0 fully saturated rings. The zero-order valence-electron chi connectivity index (χ0n) is 15.4. The number of esters is 2. The number of hydrogen-bond acceptors (Lipinski definition) is 5. The lowest BCUT2D eigenvalue weighted by Crippen LogP contribution is -2.17. The predicted octanol–water partition coefficient (Wildman–Crippen LogP) is 3.48. The fourth-order valence-corrected chi connectivity index (χ4v) is 1.96. The normalized spacial score (nSPS) is 14.3. The summed E-state index contributed by atoms with van der Waals surface area (Å²) in [5, 5.41) is 9.05. The fourth-order valence-electron chi connectivity index (χ4n) is 1.96. The van der Waals surface area contributed by atoms with E-state index in [0.29, 0.717) is 13.0 Å². The van der Waals surface area contributed by atoms with Gasteiger partial charge in [0.1, 0.15) is 12.7 Å². The van der Waals surface area contributed by atoms with Gasteiger partial charge >= 0.3 is 11.9 Å². The van der Waals surface area contributed by atoms with Crippen LogP contribution >= 0.6 is 0 Å². The van der Waals surface area contributed by atoms with Crippen LogP contribution in [0, 0.1) is 0 Å². The Morgan fingerprint density at radius 3 is 2.17 bits per heavy atom. The van der Waals surface area contributed by atoms with E-state index in [1.54, 1.807) is 0 Å². The van der Waals surface area contributed by atoms with Crippen LogP contribution in [0.5, 0.6) is 0 Å². The largest absolute Gasteiger partial charge is 0.462 e. The van der Waals surface area contributed by atoms with Crippen molar-refractivity contribution < 1.29 is 24.2 Å². The Bertz CT molecular complexity index is 500. The molecule has 0 aromatic heterocycles. The molecule has 0 spiro atoms. The quantitative estimate of drug-likeness (QED) is 0.488. The van der Waals surface area contributed by atoms with Crippen LogP contribution in [0.25, 0.3) is 0 Å². The maximum Gasteiger partial charge on any atom is 0.303 e. The molecule has 5 nitrogen and oxygen atoms in total. The lowest BCUT2D eigenvalue weighted by atomic mass is 10.0. The number of carbonyl (C=O) groups excluding carboxylic acids is 2. The molecule has 136 valence electrons. The third-order valence-corrected chi connectivity index (χ3v) is 3.47. The Labute approximate surface area is 145 Å². The Balaban J connectivity index is 4.60. The van der Waals surface area contributed by atoms with Crippen molar-refractivity contribution in [1.29, 1.82) is 0 Å². The maximum absolute atomic E-state index is 11.3. The molecule has 1 atom stereocenters. The van der Waals surface area contributed by atoms with E-state index in [1.165, 1.54) is 13.8 Å². The highest BCUT2D eigenvalue weighted by Crippen LogP contribution is 2.16. The highest BCUT2D eigenvalue weighted by atomic mass is 16.5. The second-order valence-electron chi connectivity index (χ2n) is 5.88. The van der Waals surface area contributed by atoms with Gasteiger partial charge in [-0.1, -0.05) is 23.3 Å². The van der Waals surface area contributed by atoms with Crippen molar-refractivity contribution in [2.24, 2.45) is 0 Å². The highest BCUT2D eigenvalue weighted by Gasteiger charge is 2.12. The van der Waals surface area contributed by atoms with Gasteiger partial charge in [0.05, 0.1) is 6.61 Å². The molecule has 0 saturated carbocycles. The number of allylic oxidation sites excluding steroid dienone is 2.